The van der Waals surface area contributed by atoms with Crippen molar-refractivity contribution in [3.8, 4) is 23.0 Å². The van der Waals surface area contributed by atoms with Gasteiger partial charge in [-0.2, -0.15) is 0 Å². The molecule has 0 spiro atoms. The maximum Gasteiger partial charge on any atom is 0.414 e. The van der Waals surface area contributed by atoms with Gasteiger partial charge in [-0.25, -0.2) is 9.59 Å². The Bertz CT molecular complexity index is 982. The third-order valence-electron chi connectivity index (χ3n) is 6.43. The fourth-order valence-electron chi connectivity index (χ4n) is 4.52. The van der Waals surface area contributed by atoms with Crippen LogP contribution in [-0.2, 0) is 9.59 Å². The lowest BCUT2D eigenvalue weighted by Gasteiger charge is -2.39. The number of carboxylic acids is 2. The number of rotatable bonds is 9. The standard InChI is InChI=1S/C25H33NO4.C2H2O4/c1-3-4-5-13-26-14-12-23(19-6-8-21(27-2)9-7-19)20(16-26)17-28-22-10-11-24-25(15-22)30-18-29-24;3-1(4)2(5)6/h6-11,15,20,23H,3-5,12-14,16-18H2,1-2H3;(H,3,4)(H,5,6)/t20-,23-;/m1./s1. The third kappa shape index (κ3) is 7.78. The van der Waals surface area contributed by atoms with Crippen LogP contribution in [0.15, 0.2) is 42.5 Å². The van der Waals surface area contributed by atoms with Gasteiger partial charge in [-0.15, -0.1) is 0 Å². The van der Waals surface area contributed by atoms with Gasteiger partial charge in [-0.3, -0.25) is 0 Å². The van der Waals surface area contributed by atoms with Crippen LogP contribution in [0.3, 0.4) is 0 Å². The number of nitrogens with zero attached hydrogens (tertiary/aromatic N) is 1. The van der Waals surface area contributed by atoms with Gasteiger partial charge in [0.05, 0.1) is 13.7 Å². The molecule has 1 saturated heterocycles. The number of hydrogen-bond donors (Lipinski definition) is 2. The SMILES string of the molecule is CCCCCN1CC[C@H](c2ccc(OC)cc2)[C@@H](COc2ccc3c(c2)OCO3)C1.O=C(O)C(=O)O. The molecule has 4 rings (SSSR count). The largest absolute Gasteiger partial charge is 0.497 e. The molecule has 0 aliphatic carbocycles. The lowest BCUT2D eigenvalue weighted by molar-refractivity contribution is -0.159. The second-order valence-electron chi connectivity index (χ2n) is 8.87. The summed E-state index contributed by atoms with van der Waals surface area (Å²) < 4.78 is 22.5. The summed E-state index contributed by atoms with van der Waals surface area (Å²) in [4.78, 5) is 20.8. The minimum Gasteiger partial charge on any atom is -0.497 e. The smallest absolute Gasteiger partial charge is 0.414 e. The van der Waals surface area contributed by atoms with E-state index in [9.17, 15) is 0 Å². The van der Waals surface area contributed by atoms with Crippen molar-refractivity contribution in [2.24, 2.45) is 5.92 Å². The number of ether oxygens (including phenoxy) is 4. The minimum atomic E-state index is -1.82. The van der Waals surface area contributed by atoms with Gasteiger partial charge >= 0.3 is 11.9 Å². The van der Waals surface area contributed by atoms with Crippen LogP contribution in [0.5, 0.6) is 23.0 Å². The number of carbonyl (C=O) groups is 2. The molecule has 9 heteroatoms. The van der Waals surface area contributed by atoms with Gasteiger partial charge in [-0.1, -0.05) is 31.9 Å². The molecule has 2 aromatic carbocycles. The Morgan fingerprint density at radius 3 is 2.36 bits per heavy atom. The first kappa shape index (κ1) is 27.1. The van der Waals surface area contributed by atoms with Crippen molar-refractivity contribution in [1.82, 2.24) is 4.90 Å². The molecule has 36 heavy (non-hydrogen) atoms. The van der Waals surface area contributed by atoms with Gasteiger partial charge < -0.3 is 34.1 Å². The van der Waals surface area contributed by atoms with Gasteiger partial charge in [-0.05, 0) is 61.7 Å². The molecule has 2 heterocycles. The number of methoxy groups -OCH3 is 1. The number of piperidine rings is 1. The van der Waals surface area contributed by atoms with Crippen molar-refractivity contribution >= 4 is 11.9 Å². The number of hydrogen-bond acceptors (Lipinski definition) is 7. The van der Waals surface area contributed by atoms with E-state index in [4.69, 9.17) is 38.7 Å². The Labute approximate surface area is 211 Å². The van der Waals surface area contributed by atoms with Crippen LogP contribution in [0.4, 0.5) is 0 Å². The summed E-state index contributed by atoms with van der Waals surface area (Å²) in [6.07, 6.45) is 5.00. The summed E-state index contributed by atoms with van der Waals surface area (Å²) >= 11 is 0. The first-order valence-electron chi connectivity index (χ1n) is 12.3. The third-order valence-corrected chi connectivity index (χ3v) is 6.43. The second-order valence-corrected chi connectivity index (χ2v) is 8.87. The molecule has 0 aromatic heterocycles. The fraction of sp³-hybridized carbons (Fsp3) is 0.481. The van der Waals surface area contributed by atoms with E-state index in [1.54, 1.807) is 7.11 Å². The molecule has 0 bridgehead atoms. The fourth-order valence-corrected chi connectivity index (χ4v) is 4.52. The molecule has 0 saturated carbocycles. The molecule has 2 aromatic rings. The van der Waals surface area contributed by atoms with Crippen LogP contribution in [0.1, 0.15) is 44.1 Å². The predicted octanol–water partition coefficient (Wildman–Crippen LogP) is 4.25. The Morgan fingerprint density at radius 1 is 1.00 bits per heavy atom. The Balaban J connectivity index is 0.000000538. The zero-order valence-electron chi connectivity index (χ0n) is 20.9. The van der Waals surface area contributed by atoms with Gasteiger partial charge in [0.1, 0.15) is 11.5 Å². The van der Waals surface area contributed by atoms with Crippen molar-refractivity contribution in [3.05, 3.63) is 48.0 Å². The van der Waals surface area contributed by atoms with E-state index in [-0.39, 0.29) is 6.79 Å². The summed E-state index contributed by atoms with van der Waals surface area (Å²) in [7, 11) is 1.71. The molecular formula is C27H35NO8. The maximum atomic E-state index is 9.10. The van der Waals surface area contributed by atoms with E-state index >= 15 is 0 Å². The lowest BCUT2D eigenvalue weighted by atomic mass is 9.80. The number of likely N-dealkylation sites (tertiary alicyclic amines) is 1. The van der Waals surface area contributed by atoms with Gasteiger partial charge in [0, 0.05) is 18.5 Å². The van der Waals surface area contributed by atoms with Crippen molar-refractivity contribution < 1.29 is 38.7 Å². The molecule has 196 valence electrons. The lowest BCUT2D eigenvalue weighted by Crippen LogP contribution is -2.42. The molecule has 2 aliphatic heterocycles. The monoisotopic (exact) mass is 501 g/mol. The van der Waals surface area contributed by atoms with E-state index in [1.807, 2.05) is 18.2 Å². The van der Waals surface area contributed by atoms with Gasteiger partial charge in [0.2, 0.25) is 6.79 Å². The molecule has 2 N–H and O–H groups in total. The second kappa shape index (κ2) is 13.6. The topological polar surface area (TPSA) is 115 Å². The van der Waals surface area contributed by atoms with Gasteiger partial charge in [0.25, 0.3) is 0 Å². The summed E-state index contributed by atoms with van der Waals surface area (Å²) in [6.45, 7) is 6.65. The van der Waals surface area contributed by atoms with Crippen LogP contribution >= 0.6 is 0 Å². The van der Waals surface area contributed by atoms with E-state index in [1.165, 1.54) is 31.4 Å². The minimum absolute atomic E-state index is 0.285. The average Bonchev–Trinajstić information content (AvgIpc) is 3.36. The first-order valence-corrected chi connectivity index (χ1v) is 12.3. The molecule has 2 aliphatic rings. The number of fused-ring (bicyclic) bond motifs is 1. The van der Waals surface area contributed by atoms with E-state index in [0.717, 1.165) is 42.5 Å². The normalized spacial score (nSPS) is 18.6. The predicted molar refractivity (Wildman–Crippen MR) is 133 cm³/mol. The molecule has 0 radical (unpaired) electrons. The van der Waals surface area contributed by atoms with Crippen molar-refractivity contribution in [2.75, 3.05) is 40.1 Å². The summed E-state index contributed by atoms with van der Waals surface area (Å²) in [5.41, 5.74) is 1.38. The van der Waals surface area contributed by atoms with Crippen molar-refractivity contribution in [1.29, 1.82) is 0 Å². The van der Waals surface area contributed by atoms with E-state index in [2.05, 4.69) is 36.1 Å². The molecule has 0 unspecified atom stereocenters. The van der Waals surface area contributed by atoms with Crippen LogP contribution < -0.4 is 18.9 Å². The number of benzene rings is 2. The zero-order chi connectivity index (χ0) is 25.9. The molecule has 9 nitrogen and oxygen atoms in total. The average molecular weight is 502 g/mol. The quantitative estimate of drug-likeness (QED) is 0.384. The Hall–Kier alpha value is -3.46. The Kier molecular flexibility index (Phi) is 10.2. The van der Waals surface area contributed by atoms with Crippen molar-refractivity contribution in [3.63, 3.8) is 0 Å². The van der Waals surface area contributed by atoms with Crippen LogP contribution in [0.2, 0.25) is 0 Å². The number of aliphatic carboxylic acids is 2. The molecule has 2 atom stereocenters. The number of unbranched alkanes of at least 4 members (excludes halogenated alkanes) is 2. The summed E-state index contributed by atoms with van der Waals surface area (Å²) in [5, 5.41) is 14.8. The highest BCUT2D eigenvalue weighted by Crippen LogP contribution is 2.37. The summed E-state index contributed by atoms with van der Waals surface area (Å²) in [5.74, 6) is 0.596. The number of carboxylic acid groups (broad SMARTS) is 2. The molecular weight excluding hydrogens is 466 g/mol. The van der Waals surface area contributed by atoms with Crippen molar-refractivity contribution in [2.45, 2.75) is 38.5 Å². The Morgan fingerprint density at radius 2 is 1.69 bits per heavy atom. The summed E-state index contributed by atoms with van der Waals surface area (Å²) in [6, 6.07) is 14.4. The van der Waals surface area contributed by atoms with E-state index < -0.39 is 11.9 Å². The highest BCUT2D eigenvalue weighted by atomic mass is 16.7. The highest BCUT2D eigenvalue weighted by molar-refractivity contribution is 6.27. The molecule has 1 fully saturated rings. The van der Waals surface area contributed by atoms with E-state index in [0.29, 0.717) is 18.4 Å². The van der Waals surface area contributed by atoms with Gasteiger partial charge in [0.15, 0.2) is 11.5 Å². The maximum absolute atomic E-state index is 9.10. The highest BCUT2D eigenvalue weighted by Gasteiger charge is 2.31. The zero-order valence-corrected chi connectivity index (χ0v) is 20.9. The van der Waals surface area contributed by atoms with Crippen LogP contribution in [0.25, 0.3) is 0 Å². The first-order chi connectivity index (χ1) is 17.4. The van der Waals surface area contributed by atoms with Crippen LogP contribution in [-0.4, -0.2) is 67.2 Å². The molecule has 0 amide bonds. The van der Waals surface area contributed by atoms with Crippen LogP contribution in [0, 0.1) is 5.92 Å².